The molecule has 0 aliphatic heterocycles. The number of carboxylic acids is 1. The molecular formula is C8H11NO2. The Bertz CT molecular complexity index is 191. The molecule has 0 rings (SSSR count). The third-order valence-corrected chi connectivity index (χ3v) is 1.04. The van der Waals surface area contributed by atoms with Gasteiger partial charge in [-0.15, -0.1) is 6.42 Å². The number of aliphatic carboxylic acids is 1. The summed E-state index contributed by atoms with van der Waals surface area (Å²) < 4.78 is 0. The van der Waals surface area contributed by atoms with E-state index in [9.17, 15) is 4.79 Å². The Labute approximate surface area is 66.3 Å². The highest BCUT2D eigenvalue weighted by Gasteiger charge is 1.90. The second-order valence-corrected chi connectivity index (χ2v) is 2.14. The molecule has 0 heterocycles. The number of nitrogens with zero attached hydrogens (tertiary/aromatic N) is 1. The van der Waals surface area contributed by atoms with E-state index >= 15 is 0 Å². The Hall–Kier alpha value is -1.27. The number of rotatable bonds is 4. The Morgan fingerprint density at radius 1 is 1.82 bits per heavy atom. The zero-order valence-corrected chi connectivity index (χ0v) is 6.45. The molecule has 11 heavy (non-hydrogen) atoms. The quantitative estimate of drug-likeness (QED) is 0.463. The first kappa shape index (κ1) is 9.73. The fraction of sp³-hybridized carbons (Fsp3) is 0.375. The second-order valence-electron chi connectivity index (χ2n) is 2.14. The van der Waals surface area contributed by atoms with Crippen molar-refractivity contribution in [3.8, 4) is 12.3 Å². The van der Waals surface area contributed by atoms with Crippen LogP contribution in [0.2, 0.25) is 0 Å². The van der Waals surface area contributed by atoms with E-state index in [0.717, 1.165) is 6.08 Å². The average molecular weight is 153 g/mol. The van der Waals surface area contributed by atoms with Crippen molar-refractivity contribution in [2.24, 2.45) is 0 Å². The fourth-order valence-corrected chi connectivity index (χ4v) is 0.554. The number of carbonyl (C=O) groups is 1. The summed E-state index contributed by atoms with van der Waals surface area (Å²) in [7, 11) is 1.83. The molecule has 0 saturated carbocycles. The van der Waals surface area contributed by atoms with Crippen LogP contribution in [0.3, 0.4) is 0 Å². The first-order valence-corrected chi connectivity index (χ1v) is 3.18. The van der Waals surface area contributed by atoms with E-state index in [-0.39, 0.29) is 0 Å². The van der Waals surface area contributed by atoms with Gasteiger partial charge in [0, 0.05) is 12.6 Å². The topological polar surface area (TPSA) is 40.5 Å². The fourth-order valence-electron chi connectivity index (χ4n) is 0.554. The minimum Gasteiger partial charge on any atom is -0.478 e. The highest BCUT2D eigenvalue weighted by molar-refractivity contribution is 5.79. The molecule has 0 aromatic heterocycles. The summed E-state index contributed by atoms with van der Waals surface area (Å²) in [6.45, 7) is 1.10. The summed E-state index contributed by atoms with van der Waals surface area (Å²) in [6.07, 6.45) is 7.69. The first-order chi connectivity index (χ1) is 5.16. The molecule has 3 heteroatoms. The van der Waals surface area contributed by atoms with Gasteiger partial charge in [0.05, 0.1) is 6.54 Å². The van der Waals surface area contributed by atoms with Crippen LogP contribution in [0.4, 0.5) is 0 Å². The summed E-state index contributed by atoms with van der Waals surface area (Å²) in [5.74, 6) is 1.52. The Morgan fingerprint density at radius 2 is 2.45 bits per heavy atom. The van der Waals surface area contributed by atoms with Crippen LogP contribution in [0.1, 0.15) is 0 Å². The van der Waals surface area contributed by atoms with Crippen LogP contribution in [-0.2, 0) is 4.79 Å². The number of terminal acetylenes is 1. The van der Waals surface area contributed by atoms with E-state index in [1.807, 2.05) is 11.9 Å². The molecule has 0 aliphatic rings. The van der Waals surface area contributed by atoms with Gasteiger partial charge in [0.25, 0.3) is 0 Å². The number of likely N-dealkylation sites (N-methyl/N-ethyl adjacent to an activating group) is 1. The predicted octanol–water partition coefficient (Wildman–Crippen LogP) is 0.192. The molecule has 0 unspecified atom stereocenters. The lowest BCUT2D eigenvalue weighted by atomic mass is 10.4. The lowest BCUT2D eigenvalue weighted by Crippen LogP contribution is -2.18. The minimum absolute atomic E-state index is 0.532. The standard InChI is InChI=1S/C8H11NO2/c1-3-6-9(2)7-4-5-8(10)11/h1,4-5H,6-7H2,2H3,(H,10,11)/b5-4+. The Morgan fingerprint density at radius 3 is 2.91 bits per heavy atom. The molecule has 0 radical (unpaired) electrons. The zero-order chi connectivity index (χ0) is 8.69. The van der Waals surface area contributed by atoms with Crippen LogP contribution < -0.4 is 0 Å². The van der Waals surface area contributed by atoms with Crippen molar-refractivity contribution in [3.63, 3.8) is 0 Å². The van der Waals surface area contributed by atoms with Crippen LogP contribution >= 0.6 is 0 Å². The van der Waals surface area contributed by atoms with Crippen LogP contribution in [0.25, 0.3) is 0 Å². The molecule has 0 bridgehead atoms. The molecule has 0 aliphatic carbocycles. The average Bonchev–Trinajstić information content (AvgIpc) is 1.87. The highest BCUT2D eigenvalue weighted by Crippen LogP contribution is 1.81. The van der Waals surface area contributed by atoms with Gasteiger partial charge < -0.3 is 5.11 Å². The van der Waals surface area contributed by atoms with E-state index in [2.05, 4.69) is 5.92 Å². The van der Waals surface area contributed by atoms with Crippen molar-refractivity contribution in [3.05, 3.63) is 12.2 Å². The SMILES string of the molecule is C#CCN(C)C/C=C/C(=O)O. The van der Waals surface area contributed by atoms with Gasteiger partial charge in [-0.25, -0.2) is 4.79 Å². The van der Waals surface area contributed by atoms with E-state index in [1.54, 1.807) is 6.08 Å². The summed E-state index contributed by atoms with van der Waals surface area (Å²) in [5.41, 5.74) is 0. The highest BCUT2D eigenvalue weighted by atomic mass is 16.4. The van der Waals surface area contributed by atoms with Crippen molar-refractivity contribution in [1.29, 1.82) is 0 Å². The van der Waals surface area contributed by atoms with Gasteiger partial charge in [0.15, 0.2) is 0 Å². The molecule has 0 aromatic rings. The molecule has 0 atom stereocenters. The van der Waals surface area contributed by atoms with Crippen molar-refractivity contribution >= 4 is 5.97 Å². The van der Waals surface area contributed by atoms with E-state index < -0.39 is 5.97 Å². The van der Waals surface area contributed by atoms with Crippen molar-refractivity contribution in [2.45, 2.75) is 0 Å². The minimum atomic E-state index is -0.931. The van der Waals surface area contributed by atoms with Gasteiger partial charge in [-0.05, 0) is 7.05 Å². The lowest BCUT2D eigenvalue weighted by Gasteiger charge is -2.08. The van der Waals surface area contributed by atoms with Gasteiger partial charge in [-0.3, -0.25) is 4.90 Å². The molecule has 60 valence electrons. The van der Waals surface area contributed by atoms with Crippen molar-refractivity contribution < 1.29 is 9.90 Å². The largest absolute Gasteiger partial charge is 0.478 e. The monoisotopic (exact) mass is 153 g/mol. The van der Waals surface area contributed by atoms with E-state index in [1.165, 1.54) is 0 Å². The lowest BCUT2D eigenvalue weighted by molar-refractivity contribution is -0.131. The van der Waals surface area contributed by atoms with Gasteiger partial charge in [-0.1, -0.05) is 12.0 Å². The smallest absolute Gasteiger partial charge is 0.328 e. The molecule has 3 nitrogen and oxygen atoms in total. The van der Waals surface area contributed by atoms with Gasteiger partial charge in [0.2, 0.25) is 0 Å². The third kappa shape index (κ3) is 6.62. The number of carboxylic acid groups (broad SMARTS) is 1. The molecule has 0 spiro atoms. The third-order valence-electron chi connectivity index (χ3n) is 1.04. The van der Waals surface area contributed by atoms with Crippen LogP contribution in [0.5, 0.6) is 0 Å². The van der Waals surface area contributed by atoms with E-state index in [0.29, 0.717) is 13.1 Å². The maximum atomic E-state index is 9.99. The number of hydrogen-bond donors (Lipinski definition) is 1. The summed E-state index contributed by atoms with van der Waals surface area (Å²) >= 11 is 0. The Kier molecular flexibility index (Phi) is 4.87. The van der Waals surface area contributed by atoms with Gasteiger partial charge in [0.1, 0.15) is 0 Å². The maximum absolute atomic E-state index is 9.99. The first-order valence-electron chi connectivity index (χ1n) is 3.18. The maximum Gasteiger partial charge on any atom is 0.328 e. The molecular weight excluding hydrogens is 142 g/mol. The molecule has 0 aromatic carbocycles. The molecule has 1 N–H and O–H groups in total. The zero-order valence-electron chi connectivity index (χ0n) is 6.45. The van der Waals surface area contributed by atoms with Gasteiger partial charge in [-0.2, -0.15) is 0 Å². The van der Waals surface area contributed by atoms with Crippen molar-refractivity contribution in [2.75, 3.05) is 20.1 Å². The van der Waals surface area contributed by atoms with Crippen molar-refractivity contribution in [1.82, 2.24) is 4.90 Å². The van der Waals surface area contributed by atoms with Gasteiger partial charge >= 0.3 is 5.97 Å². The number of hydrogen-bond acceptors (Lipinski definition) is 2. The summed E-state index contributed by atoms with van der Waals surface area (Å²) in [6, 6.07) is 0. The predicted molar refractivity (Wildman–Crippen MR) is 43.1 cm³/mol. The second kappa shape index (κ2) is 5.51. The molecule has 0 amide bonds. The summed E-state index contributed by atoms with van der Waals surface area (Å²) in [4.78, 5) is 11.8. The van der Waals surface area contributed by atoms with E-state index in [4.69, 9.17) is 11.5 Å². The van der Waals surface area contributed by atoms with Crippen LogP contribution in [0.15, 0.2) is 12.2 Å². The van der Waals surface area contributed by atoms with Crippen LogP contribution in [0, 0.1) is 12.3 Å². The normalized spacial score (nSPS) is 10.3. The molecule has 0 fully saturated rings. The summed E-state index contributed by atoms with van der Waals surface area (Å²) in [5, 5.41) is 8.21. The van der Waals surface area contributed by atoms with Crippen LogP contribution in [-0.4, -0.2) is 36.1 Å². The molecule has 0 saturated heterocycles. The Balaban J connectivity index is 3.54.